The summed E-state index contributed by atoms with van der Waals surface area (Å²) in [4.78, 5) is 14.2. The van der Waals surface area contributed by atoms with Crippen LogP contribution < -0.4 is 9.64 Å². The maximum Gasteiger partial charge on any atom is 0.267 e. The smallest absolute Gasteiger partial charge is 0.267 e. The van der Waals surface area contributed by atoms with Gasteiger partial charge >= 0.3 is 0 Å². The molecule has 1 aliphatic rings. The van der Waals surface area contributed by atoms with Crippen LogP contribution in [-0.4, -0.2) is 18.6 Å². The lowest BCUT2D eigenvalue weighted by Crippen LogP contribution is -2.39. The Labute approximate surface area is 127 Å². The predicted molar refractivity (Wildman–Crippen MR) is 78.9 cm³/mol. The Bertz CT molecular complexity index is 718. The lowest BCUT2D eigenvalue weighted by molar-refractivity contribution is -0.124. The Hall–Kier alpha value is -2.43. The van der Waals surface area contributed by atoms with Gasteiger partial charge in [-0.25, -0.2) is 8.78 Å². The molecule has 3 rings (SSSR count). The molecule has 1 unspecified atom stereocenters. The Balaban J connectivity index is 1.74. The summed E-state index contributed by atoms with van der Waals surface area (Å²) >= 11 is 0. The van der Waals surface area contributed by atoms with E-state index in [9.17, 15) is 13.6 Å². The zero-order chi connectivity index (χ0) is 15.7. The van der Waals surface area contributed by atoms with E-state index >= 15 is 0 Å². The lowest BCUT2D eigenvalue weighted by Gasteiger charge is -2.22. The Morgan fingerprint density at radius 1 is 1.18 bits per heavy atom. The van der Waals surface area contributed by atoms with E-state index < -0.39 is 17.7 Å². The van der Waals surface area contributed by atoms with Crippen molar-refractivity contribution >= 4 is 11.6 Å². The average Bonchev–Trinajstić information content (AvgIpc) is 2.94. The second-order valence-corrected chi connectivity index (χ2v) is 5.20. The van der Waals surface area contributed by atoms with Crippen LogP contribution in [0.3, 0.4) is 0 Å². The van der Waals surface area contributed by atoms with Gasteiger partial charge in [0.2, 0.25) is 0 Å². The summed E-state index contributed by atoms with van der Waals surface area (Å²) in [5.74, 6) is -2.01. The normalized spacial score (nSPS) is 14.6. The third-order valence-electron chi connectivity index (χ3n) is 3.70. The van der Waals surface area contributed by atoms with Crippen LogP contribution in [0.1, 0.15) is 12.5 Å². The number of rotatable bonds is 3. The number of amides is 1. The first kappa shape index (κ1) is 14.5. The highest BCUT2D eigenvalue weighted by atomic mass is 19.2. The largest absolute Gasteiger partial charge is 0.481 e. The molecule has 3 nitrogen and oxygen atoms in total. The molecular weight excluding hydrogens is 288 g/mol. The van der Waals surface area contributed by atoms with Crippen LogP contribution in [0.5, 0.6) is 5.75 Å². The van der Waals surface area contributed by atoms with Gasteiger partial charge in [-0.3, -0.25) is 4.79 Å². The third kappa shape index (κ3) is 2.66. The minimum Gasteiger partial charge on any atom is -0.481 e. The first-order chi connectivity index (χ1) is 10.6. The van der Waals surface area contributed by atoms with Crippen LogP contribution in [-0.2, 0) is 11.2 Å². The van der Waals surface area contributed by atoms with Crippen molar-refractivity contribution in [3.05, 3.63) is 59.7 Å². The van der Waals surface area contributed by atoms with Crippen LogP contribution in [0.2, 0.25) is 0 Å². The molecule has 22 heavy (non-hydrogen) atoms. The molecule has 1 aliphatic heterocycles. The Morgan fingerprint density at radius 3 is 2.73 bits per heavy atom. The first-order valence-corrected chi connectivity index (χ1v) is 7.07. The Kier molecular flexibility index (Phi) is 3.79. The minimum absolute atomic E-state index is 0.132. The fourth-order valence-electron chi connectivity index (χ4n) is 2.59. The molecule has 2 aromatic carbocycles. The first-order valence-electron chi connectivity index (χ1n) is 7.07. The van der Waals surface area contributed by atoms with Crippen molar-refractivity contribution in [1.82, 2.24) is 0 Å². The van der Waals surface area contributed by atoms with Gasteiger partial charge in [-0.2, -0.15) is 0 Å². The van der Waals surface area contributed by atoms with Crippen molar-refractivity contribution in [2.75, 3.05) is 11.4 Å². The maximum absolute atomic E-state index is 13.2. The van der Waals surface area contributed by atoms with Gasteiger partial charge in [-0.15, -0.1) is 0 Å². The van der Waals surface area contributed by atoms with E-state index in [2.05, 4.69) is 0 Å². The quantitative estimate of drug-likeness (QED) is 0.870. The molecule has 0 aliphatic carbocycles. The molecule has 1 atom stereocenters. The molecule has 0 saturated carbocycles. The van der Waals surface area contributed by atoms with Gasteiger partial charge in [-0.1, -0.05) is 18.2 Å². The van der Waals surface area contributed by atoms with Crippen molar-refractivity contribution in [2.24, 2.45) is 0 Å². The summed E-state index contributed by atoms with van der Waals surface area (Å²) in [6.45, 7) is 2.20. The molecule has 1 heterocycles. The zero-order valence-corrected chi connectivity index (χ0v) is 12.1. The lowest BCUT2D eigenvalue weighted by atomic mass is 10.2. The molecule has 0 bridgehead atoms. The number of carbonyl (C=O) groups excluding carboxylic acids is 1. The van der Waals surface area contributed by atoms with Crippen molar-refractivity contribution < 1.29 is 18.3 Å². The van der Waals surface area contributed by atoms with E-state index in [1.54, 1.807) is 11.8 Å². The van der Waals surface area contributed by atoms with Gasteiger partial charge < -0.3 is 9.64 Å². The molecule has 2 aromatic rings. The molecule has 5 heteroatoms. The van der Waals surface area contributed by atoms with Gasteiger partial charge in [0.05, 0.1) is 0 Å². The number of anilines is 1. The van der Waals surface area contributed by atoms with Gasteiger partial charge in [-0.05, 0) is 37.1 Å². The predicted octanol–water partition coefficient (Wildman–Crippen LogP) is 3.32. The van der Waals surface area contributed by atoms with Crippen molar-refractivity contribution in [3.8, 4) is 5.75 Å². The van der Waals surface area contributed by atoms with E-state index in [0.717, 1.165) is 29.8 Å². The highest BCUT2D eigenvalue weighted by Crippen LogP contribution is 2.28. The van der Waals surface area contributed by atoms with Crippen molar-refractivity contribution in [3.63, 3.8) is 0 Å². The summed E-state index contributed by atoms with van der Waals surface area (Å²) < 4.78 is 31.5. The SMILES string of the molecule is CC(Oc1ccc(F)c(F)c1)C(=O)N1CCc2ccccc21. The van der Waals surface area contributed by atoms with Crippen LogP contribution >= 0.6 is 0 Å². The van der Waals surface area contributed by atoms with Crippen LogP contribution in [0.15, 0.2) is 42.5 Å². The van der Waals surface area contributed by atoms with Crippen LogP contribution in [0, 0.1) is 11.6 Å². The van der Waals surface area contributed by atoms with E-state index in [1.807, 2.05) is 24.3 Å². The van der Waals surface area contributed by atoms with Crippen LogP contribution in [0.4, 0.5) is 14.5 Å². The number of fused-ring (bicyclic) bond motifs is 1. The Morgan fingerprint density at radius 2 is 1.95 bits per heavy atom. The topological polar surface area (TPSA) is 29.5 Å². The van der Waals surface area contributed by atoms with Gasteiger partial charge in [0.1, 0.15) is 5.75 Å². The number of halogens is 2. The number of para-hydroxylation sites is 1. The highest BCUT2D eigenvalue weighted by molar-refractivity contribution is 5.98. The summed E-state index contributed by atoms with van der Waals surface area (Å²) in [6.07, 6.45) is 0.0239. The molecule has 0 radical (unpaired) electrons. The third-order valence-corrected chi connectivity index (χ3v) is 3.70. The van der Waals surface area contributed by atoms with E-state index in [0.29, 0.717) is 6.54 Å². The standard InChI is InChI=1S/C17H15F2NO2/c1-11(22-13-6-7-14(18)15(19)10-13)17(21)20-9-8-12-4-2-3-5-16(12)20/h2-7,10-11H,8-9H2,1H3. The summed E-state index contributed by atoms with van der Waals surface area (Å²) in [7, 11) is 0. The monoisotopic (exact) mass is 303 g/mol. The number of hydrogen-bond donors (Lipinski definition) is 0. The second kappa shape index (κ2) is 5.75. The highest BCUT2D eigenvalue weighted by Gasteiger charge is 2.28. The van der Waals surface area contributed by atoms with Gasteiger partial charge in [0, 0.05) is 18.3 Å². The minimum atomic E-state index is -0.997. The summed E-state index contributed by atoms with van der Waals surface area (Å²) in [5.41, 5.74) is 2.00. The molecule has 0 fully saturated rings. The van der Waals surface area contributed by atoms with Crippen molar-refractivity contribution in [2.45, 2.75) is 19.4 Å². The maximum atomic E-state index is 13.2. The van der Waals surface area contributed by atoms with Crippen molar-refractivity contribution in [1.29, 1.82) is 0 Å². The fraction of sp³-hybridized carbons (Fsp3) is 0.235. The molecule has 0 aromatic heterocycles. The second-order valence-electron chi connectivity index (χ2n) is 5.20. The van der Waals surface area contributed by atoms with Gasteiger partial charge in [0.25, 0.3) is 5.91 Å². The molecule has 0 saturated heterocycles. The van der Waals surface area contributed by atoms with E-state index in [1.165, 1.54) is 6.07 Å². The van der Waals surface area contributed by atoms with Gasteiger partial charge in [0.15, 0.2) is 17.7 Å². The molecule has 0 N–H and O–H groups in total. The number of benzene rings is 2. The van der Waals surface area contributed by atoms with Crippen LogP contribution in [0.25, 0.3) is 0 Å². The number of hydrogen-bond acceptors (Lipinski definition) is 2. The number of carbonyl (C=O) groups is 1. The average molecular weight is 303 g/mol. The molecular formula is C17H15F2NO2. The molecule has 114 valence electrons. The molecule has 1 amide bonds. The summed E-state index contributed by atoms with van der Waals surface area (Å²) in [5, 5.41) is 0. The molecule has 0 spiro atoms. The zero-order valence-electron chi connectivity index (χ0n) is 12.1. The van der Waals surface area contributed by atoms with E-state index in [4.69, 9.17) is 4.74 Å². The van der Waals surface area contributed by atoms with E-state index in [-0.39, 0.29) is 11.7 Å². The number of nitrogens with zero attached hydrogens (tertiary/aromatic N) is 1. The number of ether oxygens (including phenoxy) is 1. The fourth-order valence-corrected chi connectivity index (χ4v) is 2.59. The summed E-state index contributed by atoms with van der Waals surface area (Å²) in [6, 6.07) is 10.9.